The molecular formula is C20H18ClN3O3. The molecule has 0 radical (unpaired) electrons. The van der Waals surface area contributed by atoms with Crippen LogP contribution in [-0.2, 0) is 4.74 Å². The van der Waals surface area contributed by atoms with Gasteiger partial charge in [0.2, 0.25) is 5.56 Å². The van der Waals surface area contributed by atoms with E-state index in [0.29, 0.717) is 40.4 Å². The van der Waals surface area contributed by atoms with E-state index >= 15 is 0 Å². The zero-order valence-electron chi connectivity index (χ0n) is 14.5. The second kappa shape index (κ2) is 7.42. The first kappa shape index (κ1) is 17.6. The zero-order valence-corrected chi connectivity index (χ0v) is 15.3. The first-order chi connectivity index (χ1) is 13.1. The van der Waals surface area contributed by atoms with Crippen molar-refractivity contribution in [3.63, 3.8) is 0 Å². The number of aromatic amines is 1. The van der Waals surface area contributed by atoms with Gasteiger partial charge in [0.1, 0.15) is 0 Å². The van der Waals surface area contributed by atoms with Crippen LogP contribution in [0.4, 0.5) is 11.4 Å². The molecule has 3 aromatic rings. The van der Waals surface area contributed by atoms with Gasteiger partial charge in [0.15, 0.2) is 0 Å². The molecule has 0 unspecified atom stereocenters. The number of ether oxygens (including phenoxy) is 1. The van der Waals surface area contributed by atoms with Crippen molar-refractivity contribution in [2.45, 2.75) is 0 Å². The van der Waals surface area contributed by atoms with Crippen molar-refractivity contribution in [1.29, 1.82) is 0 Å². The molecule has 2 aromatic carbocycles. The highest BCUT2D eigenvalue weighted by molar-refractivity contribution is 6.31. The second-order valence-corrected chi connectivity index (χ2v) is 6.74. The van der Waals surface area contributed by atoms with E-state index in [1.807, 2.05) is 18.2 Å². The number of pyridine rings is 1. The highest BCUT2D eigenvalue weighted by atomic mass is 35.5. The predicted molar refractivity (Wildman–Crippen MR) is 107 cm³/mol. The maximum absolute atomic E-state index is 13.0. The van der Waals surface area contributed by atoms with Gasteiger partial charge in [-0.3, -0.25) is 9.59 Å². The Kier molecular flexibility index (Phi) is 4.83. The van der Waals surface area contributed by atoms with Crippen LogP contribution in [0.15, 0.2) is 53.3 Å². The Bertz CT molecular complexity index is 1060. The normalized spacial score (nSPS) is 14.3. The minimum absolute atomic E-state index is 0.321. The van der Waals surface area contributed by atoms with Crippen LogP contribution in [-0.4, -0.2) is 37.2 Å². The Morgan fingerprint density at radius 3 is 2.70 bits per heavy atom. The molecule has 4 rings (SSSR count). The summed E-state index contributed by atoms with van der Waals surface area (Å²) in [5.74, 6) is -0.353. The monoisotopic (exact) mass is 383 g/mol. The van der Waals surface area contributed by atoms with E-state index in [-0.39, 0.29) is 11.5 Å². The van der Waals surface area contributed by atoms with Gasteiger partial charge in [-0.25, -0.2) is 0 Å². The molecule has 1 fully saturated rings. The summed E-state index contributed by atoms with van der Waals surface area (Å²) in [6, 6.07) is 13.9. The lowest BCUT2D eigenvalue weighted by atomic mass is 10.1. The molecule has 0 aliphatic carbocycles. The molecule has 2 N–H and O–H groups in total. The van der Waals surface area contributed by atoms with Crippen LogP contribution in [0.1, 0.15) is 10.4 Å². The molecule has 2 heterocycles. The maximum atomic E-state index is 13.0. The third-order valence-corrected chi connectivity index (χ3v) is 4.79. The van der Waals surface area contributed by atoms with Crippen molar-refractivity contribution in [2.75, 3.05) is 36.5 Å². The Hall–Kier alpha value is -2.83. The van der Waals surface area contributed by atoms with Crippen LogP contribution in [0.3, 0.4) is 0 Å². The van der Waals surface area contributed by atoms with E-state index in [1.54, 1.807) is 24.3 Å². The number of carbonyl (C=O) groups excluding carboxylic acids is 1. The topological polar surface area (TPSA) is 74.4 Å². The van der Waals surface area contributed by atoms with E-state index in [0.717, 1.165) is 18.8 Å². The number of hydrogen-bond acceptors (Lipinski definition) is 4. The van der Waals surface area contributed by atoms with Gasteiger partial charge in [0.05, 0.1) is 30.2 Å². The molecule has 6 nitrogen and oxygen atoms in total. The minimum Gasteiger partial charge on any atom is -0.378 e. The molecule has 0 atom stereocenters. The van der Waals surface area contributed by atoms with Gasteiger partial charge in [-0.2, -0.15) is 0 Å². The second-order valence-electron chi connectivity index (χ2n) is 6.31. The zero-order chi connectivity index (χ0) is 18.8. The Morgan fingerprint density at radius 1 is 1.11 bits per heavy atom. The summed E-state index contributed by atoms with van der Waals surface area (Å²) in [6.07, 6.45) is 0. The lowest BCUT2D eigenvalue weighted by Gasteiger charge is -2.30. The average molecular weight is 384 g/mol. The van der Waals surface area contributed by atoms with E-state index in [4.69, 9.17) is 16.3 Å². The molecule has 1 aliphatic heterocycles. The average Bonchev–Trinajstić information content (AvgIpc) is 2.68. The fraction of sp³-hybridized carbons (Fsp3) is 0.200. The molecule has 1 aliphatic rings. The summed E-state index contributed by atoms with van der Waals surface area (Å²) >= 11 is 6.16. The van der Waals surface area contributed by atoms with E-state index in [9.17, 15) is 9.59 Å². The summed E-state index contributed by atoms with van der Waals surface area (Å²) in [4.78, 5) is 29.8. The summed E-state index contributed by atoms with van der Waals surface area (Å²) in [7, 11) is 0. The standard InChI is InChI=1S/C20H18ClN3O3/c21-13-5-6-18(24-7-9-27-10-8-24)17(11-13)23-20(26)15-12-19(25)22-16-4-2-1-3-14(15)16/h1-6,11-12H,7-10H2,(H,22,25)(H,23,26). The first-order valence-electron chi connectivity index (χ1n) is 8.67. The number of hydrogen-bond donors (Lipinski definition) is 2. The van der Waals surface area contributed by atoms with Gasteiger partial charge >= 0.3 is 0 Å². The number of H-pyrrole nitrogens is 1. The van der Waals surface area contributed by atoms with Crippen LogP contribution in [0, 0.1) is 0 Å². The number of nitrogens with zero attached hydrogens (tertiary/aromatic N) is 1. The van der Waals surface area contributed by atoms with Gasteiger partial charge in [-0.1, -0.05) is 29.8 Å². The van der Waals surface area contributed by atoms with Crippen molar-refractivity contribution < 1.29 is 9.53 Å². The van der Waals surface area contributed by atoms with Crippen molar-refractivity contribution in [1.82, 2.24) is 4.98 Å². The van der Waals surface area contributed by atoms with Crippen LogP contribution in [0.2, 0.25) is 5.02 Å². The molecule has 1 saturated heterocycles. The minimum atomic E-state index is -0.353. The lowest BCUT2D eigenvalue weighted by Crippen LogP contribution is -2.36. The molecule has 1 aromatic heterocycles. The number of para-hydroxylation sites is 1. The van der Waals surface area contributed by atoms with Crippen molar-refractivity contribution >= 4 is 39.8 Å². The smallest absolute Gasteiger partial charge is 0.256 e. The Morgan fingerprint density at radius 2 is 1.89 bits per heavy atom. The van der Waals surface area contributed by atoms with Gasteiger partial charge in [0, 0.05) is 35.1 Å². The van der Waals surface area contributed by atoms with Gasteiger partial charge in [-0.15, -0.1) is 0 Å². The third kappa shape index (κ3) is 3.67. The van der Waals surface area contributed by atoms with E-state index in [2.05, 4.69) is 15.2 Å². The van der Waals surface area contributed by atoms with Crippen molar-refractivity contribution in [3.05, 3.63) is 69.5 Å². The predicted octanol–water partition coefficient (Wildman–Crippen LogP) is 3.27. The molecule has 0 saturated carbocycles. The number of amides is 1. The molecule has 138 valence electrons. The Balaban J connectivity index is 1.71. The van der Waals surface area contributed by atoms with E-state index in [1.165, 1.54) is 6.07 Å². The molecule has 27 heavy (non-hydrogen) atoms. The van der Waals surface area contributed by atoms with Crippen LogP contribution >= 0.6 is 11.6 Å². The maximum Gasteiger partial charge on any atom is 0.256 e. The van der Waals surface area contributed by atoms with E-state index < -0.39 is 0 Å². The number of aromatic nitrogens is 1. The molecule has 1 amide bonds. The van der Waals surface area contributed by atoms with Crippen LogP contribution in [0.25, 0.3) is 10.9 Å². The van der Waals surface area contributed by atoms with Crippen LogP contribution < -0.4 is 15.8 Å². The molecule has 7 heteroatoms. The number of fused-ring (bicyclic) bond motifs is 1. The summed E-state index contributed by atoms with van der Waals surface area (Å²) < 4.78 is 5.40. The highest BCUT2D eigenvalue weighted by Gasteiger charge is 2.18. The number of morpholine rings is 1. The van der Waals surface area contributed by atoms with Gasteiger partial charge < -0.3 is 19.9 Å². The highest BCUT2D eigenvalue weighted by Crippen LogP contribution is 2.30. The number of benzene rings is 2. The number of halogens is 1. The molecular weight excluding hydrogens is 366 g/mol. The number of rotatable bonds is 3. The fourth-order valence-corrected chi connectivity index (χ4v) is 3.44. The summed E-state index contributed by atoms with van der Waals surface area (Å²) in [6.45, 7) is 2.74. The van der Waals surface area contributed by atoms with Crippen LogP contribution in [0.5, 0.6) is 0 Å². The molecule has 0 bridgehead atoms. The SMILES string of the molecule is O=C(Nc1cc(Cl)ccc1N1CCOCC1)c1cc(=O)[nH]c2ccccc12. The summed E-state index contributed by atoms with van der Waals surface area (Å²) in [5, 5.41) is 4.14. The Labute approximate surface area is 160 Å². The quantitative estimate of drug-likeness (QED) is 0.728. The van der Waals surface area contributed by atoms with Gasteiger partial charge in [0.25, 0.3) is 5.91 Å². The van der Waals surface area contributed by atoms with Gasteiger partial charge in [-0.05, 0) is 24.3 Å². The fourth-order valence-electron chi connectivity index (χ4n) is 3.27. The summed E-state index contributed by atoms with van der Waals surface area (Å²) in [5.41, 5.74) is 2.11. The molecule has 0 spiro atoms. The third-order valence-electron chi connectivity index (χ3n) is 4.55. The van der Waals surface area contributed by atoms with Crippen molar-refractivity contribution in [3.8, 4) is 0 Å². The number of carbonyl (C=O) groups is 1. The lowest BCUT2D eigenvalue weighted by molar-refractivity contribution is 0.102. The number of nitrogens with one attached hydrogen (secondary N) is 2. The first-order valence-corrected chi connectivity index (χ1v) is 9.05. The number of anilines is 2. The van der Waals surface area contributed by atoms with Crippen molar-refractivity contribution in [2.24, 2.45) is 0 Å². The largest absolute Gasteiger partial charge is 0.378 e.